The lowest BCUT2D eigenvalue weighted by atomic mass is 10.1. The zero-order valence-corrected chi connectivity index (χ0v) is 20.6. The molecular formula is C30H29N2P. The molecule has 3 heteroatoms. The molecule has 0 spiro atoms. The van der Waals surface area contributed by atoms with Crippen molar-refractivity contribution in [3.05, 3.63) is 103 Å². The molecule has 33 heavy (non-hydrogen) atoms. The average Bonchev–Trinajstić information content (AvgIpc) is 2.84. The Hall–Kier alpha value is -3.35. The van der Waals surface area contributed by atoms with E-state index in [1.807, 2.05) is 0 Å². The van der Waals surface area contributed by atoms with Gasteiger partial charge in [-0.2, -0.15) is 0 Å². The fourth-order valence-electron chi connectivity index (χ4n) is 4.71. The molecule has 164 valence electrons. The molecule has 0 fully saturated rings. The van der Waals surface area contributed by atoms with E-state index in [1.54, 1.807) is 0 Å². The van der Waals surface area contributed by atoms with E-state index in [0.29, 0.717) is 0 Å². The second kappa shape index (κ2) is 8.89. The van der Waals surface area contributed by atoms with Crippen LogP contribution in [0.25, 0.3) is 21.5 Å². The van der Waals surface area contributed by atoms with Gasteiger partial charge in [0, 0.05) is 50.3 Å². The van der Waals surface area contributed by atoms with Crippen molar-refractivity contribution in [1.82, 2.24) is 0 Å². The van der Waals surface area contributed by atoms with Crippen molar-refractivity contribution in [2.75, 3.05) is 38.0 Å². The first kappa shape index (κ1) is 21.5. The second-order valence-corrected chi connectivity index (χ2v) is 10.9. The van der Waals surface area contributed by atoms with Gasteiger partial charge >= 0.3 is 0 Å². The molecular weight excluding hydrogens is 419 g/mol. The first-order valence-corrected chi connectivity index (χ1v) is 12.6. The molecule has 5 rings (SSSR count). The monoisotopic (exact) mass is 448 g/mol. The summed E-state index contributed by atoms with van der Waals surface area (Å²) in [5.74, 6) is 0. The predicted molar refractivity (Wildman–Crippen MR) is 149 cm³/mol. The van der Waals surface area contributed by atoms with Crippen molar-refractivity contribution < 1.29 is 0 Å². The van der Waals surface area contributed by atoms with E-state index in [0.717, 1.165) is 0 Å². The van der Waals surface area contributed by atoms with Gasteiger partial charge in [0.25, 0.3) is 0 Å². The summed E-state index contributed by atoms with van der Waals surface area (Å²) in [5.41, 5.74) is 2.53. The zero-order chi connectivity index (χ0) is 22.9. The molecule has 0 atom stereocenters. The minimum absolute atomic E-state index is 0.781. The molecule has 0 aliphatic rings. The Labute approximate surface area is 197 Å². The van der Waals surface area contributed by atoms with Gasteiger partial charge < -0.3 is 9.80 Å². The SMILES string of the molecule is CN(C)c1cccc2cccc(P(c3ccccc3)c3cccc4cccc(N(C)C)c34)c12. The van der Waals surface area contributed by atoms with Crippen molar-refractivity contribution in [3.8, 4) is 0 Å². The summed E-state index contributed by atoms with van der Waals surface area (Å²) < 4.78 is 0. The van der Waals surface area contributed by atoms with E-state index in [-0.39, 0.29) is 0 Å². The van der Waals surface area contributed by atoms with Crippen LogP contribution in [0.2, 0.25) is 0 Å². The van der Waals surface area contributed by atoms with Gasteiger partial charge in [-0.25, -0.2) is 0 Å². The quantitative estimate of drug-likeness (QED) is 0.310. The van der Waals surface area contributed by atoms with E-state index in [2.05, 4.69) is 141 Å². The Kier molecular flexibility index (Phi) is 5.79. The largest absolute Gasteiger partial charge is 0.377 e. The molecule has 0 aromatic heterocycles. The molecule has 0 radical (unpaired) electrons. The van der Waals surface area contributed by atoms with Crippen molar-refractivity contribution in [2.24, 2.45) is 0 Å². The van der Waals surface area contributed by atoms with Gasteiger partial charge in [0.2, 0.25) is 0 Å². The molecule has 0 aliphatic carbocycles. The van der Waals surface area contributed by atoms with Crippen LogP contribution in [0.15, 0.2) is 103 Å². The van der Waals surface area contributed by atoms with Crippen LogP contribution in [0.3, 0.4) is 0 Å². The standard InChI is InChI=1S/C30H29N2P/c1-31(2)25-18-8-12-22-14-10-20-27(29(22)25)33(24-16-6-5-7-17-24)28-21-11-15-23-13-9-19-26(30(23)28)32(3)4/h5-21H,1-4H3. The first-order chi connectivity index (χ1) is 16.1. The predicted octanol–water partition coefficient (Wildman–Crippen LogP) is 5.88. The molecule has 0 unspecified atom stereocenters. The van der Waals surface area contributed by atoms with E-state index in [9.17, 15) is 0 Å². The number of fused-ring (bicyclic) bond motifs is 2. The summed E-state index contributed by atoms with van der Waals surface area (Å²) >= 11 is 0. The van der Waals surface area contributed by atoms with Crippen LogP contribution in [-0.4, -0.2) is 28.2 Å². The van der Waals surface area contributed by atoms with Crippen LogP contribution in [-0.2, 0) is 0 Å². The summed E-state index contributed by atoms with van der Waals surface area (Å²) in [6.07, 6.45) is 0. The van der Waals surface area contributed by atoms with Gasteiger partial charge in [-0.15, -0.1) is 0 Å². The normalized spacial score (nSPS) is 11.3. The van der Waals surface area contributed by atoms with Crippen LogP contribution >= 0.6 is 7.92 Å². The van der Waals surface area contributed by atoms with Crippen LogP contribution < -0.4 is 25.7 Å². The lowest BCUT2D eigenvalue weighted by molar-refractivity contribution is 1.14. The topological polar surface area (TPSA) is 6.48 Å². The molecule has 5 aromatic rings. The molecule has 0 saturated heterocycles. The summed E-state index contributed by atoms with van der Waals surface area (Å²) in [6.45, 7) is 0. The molecule has 5 aromatic carbocycles. The summed E-state index contributed by atoms with van der Waals surface area (Å²) in [6, 6.07) is 37.9. The Morgan fingerprint density at radius 3 is 1.30 bits per heavy atom. The van der Waals surface area contributed by atoms with Crippen LogP contribution in [0, 0.1) is 0 Å². The first-order valence-electron chi connectivity index (χ1n) is 11.3. The summed E-state index contributed by atoms with van der Waals surface area (Å²) in [7, 11) is 7.77. The highest BCUT2D eigenvalue weighted by Crippen LogP contribution is 2.41. The maximum absolute atomic E-state index is 2.34. The Bertz CT molecular complexity index is 1320. The maximum atomic E-state index is 2.34. The van der Waals surface area contributed by atoms with Crippen molar-refractivity contribution >= 4 is 56.8 Å². The van der Waals surface area contributed by atoms with Gasteiger partial charge in [0.1, 0.15) is 0 Å². The number of benzene rings is 5. The number of hydrogen-bond donors (Lipinski definition) is 0. The fraction of sp³-hybridized carbons (Fsp3) is 0.133. The fourth-order valence-corrected chi connectivity index (χ4v) is 7.40. The van der Waals surface area contributed by atoms with Gasteiger partial charge in [-0.1, -0.05) is 91.0 Å². The third-order valence-electron chi connectivity index (χ3n) is 6.18. The van der Waals surface area contributed by atoms with E-state index >= 15 is 0 Å². The maximum Gasteiger partial charge on any atom is 0.0447 e. The number of anilines is 2. The van der Waals surface area contributed by atoms with Crippen molar-refractivity contribution in [3.63, 3.8) is 0 Å². The number of hydrogen-bond acceptors (Lipinski definition) is 2. The van der Waals surface area contributed by atoms with Crippen molar-refractivity contribution in [1.29, 1.82) is 0 Å². The molecule has 2 nitrogen and oxygen atoms in total. The lowest BCUT2D eigenvalue weighted by Crippen LogP contribution is -2.24. The second-order valence-electron chi connectivity index (χ2n) is 8.76. The molecule has 0 amide bonds. The molecule has 0 heterocycles. The zero-order valence-electron chi connectivity index (χ0n) is 19.7. The third-order valence-corrected chi connectivity index (χ3v) is 8.70. The minimum Gasteiger partial charge on any atom is -0.377 e. The minimum atomic E-state index is -0.781. The summed E-state index contributed by atoms with van der Waals surface area (Å²) in [4.78, 5) is 4.47. The summed E-state index contributed by atoms with van der Waals surface area (Å²) in [5, 5.41) is 9.44. The van der Waals surface area contributed by atoms with Gasteiger partial charge in [0.15, 0.2) is 0 Å². The van der Waals surface area contributed by atoms with E-state index in [1.165, 1.54) is 48.8 Å². The number of rotatable bonds is 5. The van der Waals surface area contributed by atoms with Crippen LogP contribution in [0.4, 0.5) is 11.4 Å². The molecule has 0 saturated carbocycles. The highest BCUT2D eigenvalue weighted by atomic mass is 31.1. The smallest absolute Gasteiger partial charge is 0.0447 e. The van der Waals surface area contributed by atoms with Gasteiger partial charge in [0.05, 0.1) is 0 Å². The Morgan fingerprint density at radius 1 is 0.455 bits per heavy atom. The average molecular weight is 449 g/mol. The third kappa shape index (κ3) is 3.86. The van der Waals surface area contributed by atoms with Crippen LogP contribution in [0.1, 0.15) is 0 Å². The van der Waals surface area contributed by atoms with Crippen molar-refractivity contribution in [2.45, 2.75) is 0 Å². The van der Waals surface area contributed by atoms with E-state index in [4.69, 9.17) is 0 Å². The Balaban J connectivity index is 1.91. The molecule has 0 bridgehead atoms. The molecule has 0 N–H and O–H groups in total. The lowest BCUT2D eigenvalue weighted by Gasteiger charge is -2.27. The van der Waals surface area contributed by atoms with Crippen LogP contribution in [0.5, 0.6) is 0 Å². The van der Waals surface area contributed by atoms with Gasteiger partial charge in [-0.3, -0.25) is 0 Å². The van der Waals surface area contributed by atoms with Gasteiger partial charge in [-0.05, 0) is 46.7 Å². The number of nitrogens with zero attached hydrogens (tertiary/aromatic N) is 2. The highest BCUT2D eigenvalue weighted by molar-refractivity contribution is 7.80. The molecule has 0 aliphatic heterocycles. The highest BCUT2D eigenvalue weighted by Gasteiger charge is 2.23. The van der Waals surface area contributed by atoms with E-state index < -0.39 is 7.92 Å². The Morgan fingerprint density at radius 2 is 0.879 bits per heavy atom.